The first kappa shape index (κ1) is 18.0. The van der Waals surface area contributed by atoms with E-state index in [1.54, 1.807) is 13.2 Å². The minimum Gasteiger partial charge on any atom is -0.495 e. The molecule has 2 aromatic rings. The molecule has 7 heteroatoms. The van der Waals surface area contributed by atoms with Crippen molar-refractivity contribution in [2.24, 2.45) is 0 Å². The molecule has 0 saturated carbocycles. The van der Waals surface area contributed by atoms with Gasteiger partial charge >= 0.3 is 0 Å². The van der Waals surface area contributed by atoms with Crippen LogP contribution in [-0.4, -0.2) is 29.0 Å². The summed E-state index contributed by atoms with van der Waals surface area (Å²) < 4.78 is 5.30. The molecule has 24 heavy (non-hydrogen) atoms. The molecular formula is C17H21ClN4O2. The molecule has 1 amide bonds. The first-order valence-corrected chi connectivity index (χ1v) is 8.06. The first-order valence-electron chi connectivity index (χ1n) is 7.68. The van der Waals surface area contributed by atoms with Gasteiger partial charge in [0.25, 0.3) is 5.91 Å². The predicted octanol–water partition coefficient (Wildman–Crippen LogP) is 3.72. The smallest absolute Gasteiger partial charge is 0.254 e. The normalized spacial score (nSPS) is 11.7. The van der Waals surface area contributed by atoms with Crippen molar-refractivity contribution in [3.63, 3.8) is 0 Å². The van der Waals surface area contributed by atoms with Crippen LogP contribution in [0.1, 0.15) is 36.2 Å². The molecule has 1 aromatic heterocycles. The van der Waals surface area contributed by atoms with Crippen LogP contribution in [0.15, 0.2) is 24.5 Å². The summed E-state index contributed by atoms with van der Waals surface area (Å²) in [6.45, 7) is 5.86. The molecule has 0 fully saturated rings. The number of benzene rings is 1. The third-order valence-corrected chi connectivity index (χ3v) is 4.04. The Kier molecular flexibility index (Phi) is 5.98. The largest absolute Gasteiger partial charge is 0.495 e. The van der Waals surface area contributed by atoms with E-state index in [0.717, 1.165) is 12.0 Å². The number of halogens is 1. The van der Waals surface area contributed by atoms with E-state index in [1.165, 1.54) is 12.4 Å². The quantitative estimate of drug-likeness (QED) is 0.832. The number of rotatable bonds is 6. The fourth-order valence-electron chi connectivity index (χ4n) is 1.97. The van der Waals surface area contributed by atoms with Gasteiger partial charge in [-0.1, -0.05) is 18.5 Å². The number of aromatic nitrogens is 2. The molecule has 1 unspecified atom stereocenters. The molecular weight excluding hydrogens is 328 g/mol. The predicted molar refractivity (Wildman–Crippen MR) is 95.3 cm³/mol. The lowest BCUT2D eigenvalue weighted by molar-refractivity contribution is 0.0938. The van der Waals surface area contributed by atoms with E-state index in [9.17, 15) is 4.79 Å². The van der Waals surface area contributed by atoms with Crippen molar-refractivity contribution >= 4 is 29.1 Å². The van der Waals surface area contributed by atoms with E-state index in [2.05, 4.69) is 20.6 Å². The fourth-order valence-corrected chi connectivity index (χ4v) is 2.12. The van der Waals surface area contributed by atoms with Gasteiger partial charge in [-0.3, -0.25) is 4.79 Å². The molecule has 0 spiro atoms. The number of carbonyl (C=O) groups is 1. The Morgan fingerprint density at radius 3 is 2.58 bits per heavy atom. The fraction of sp³-hybridized carbons (Fsp3) is 0.353. The molecule has 0 aliphatic carbocycles. The van der Waals surface area contributed by atoms with Gasteiger partial charge in [-0.15, -0.1) is 0 Å². The number of carbonyl (C=O) groups excluding carboxylic acids is 1. The Hall–Kier alpha value is -2.34. The second kappa shape index (κ2) is 7.97. The highest BCUT2D eigenvalue weighted by atomic mass is 35.5. The number of hydrogen-bond donors (Lipinski definition) is 2. The Morgan fingerprint density at radius 1 is 1.33 bits per heavy atom. The first-order chi connectivity index (χ1) is 11.4. The molecule has 1 heterocycles. The number of ether oxygens (including phenoxy) is 1. The zero-order chi connectivity index (χ0) is 17.7. The Balaban J connectivity index is 2.15. The SMILES string of the molecule is CCC(C)NC(=O)c1cnc(Nc2cc(C)c(Cl)cc2OC)nc1. The van der Waals surface area contributed by atoms with Crippen LogP contribution in [0.2, 0.25) is 5.02 Å². The second-order valence-corrected chi connectivity index (χ2v) is 5.91. The number of anilines is 2. The zero-order valence-electron chi connectivity index (χ0n) is 14.2. The molecule has 0 bridgehead atoms. The van der Waals surface area contributed by atoms with Gasteiger partial charge in [-0.05, 0) is 31.9 Å². The summed E-state index contributed by atoms with van der Waals surface area (Å²) in [5, 5.41) is 6.57. The highest BCUT2D eigenvalue weighted by molar-refractivity contribution is 6.31. The highest BCUT2D eigenvalue weighted by Gasteiger charge is 2.11. The van der Waals surface area contributed by atoms with Crippen LogP contribution in [0.25, 0.3) is 0 Å². The van der Waals surface area contributed by atoms with Crippen LogP contribution in [0.4, 0.5) is 11.6 Å². The van der Waals surface area contributed by atoms with Crippen molar-refractivity contribution in [3.8, 4) is 5.75 Å². The topological polar surface area (TPSA) is 76.1 Å². The lowest BCUT2D eigenvalue weighted by atomic mass is 10.2. The summed E-state index contributed by atoms with van der Waals surface area (Å²) in [5.41, 5.74) is 2.03. The van der Waals surface area contributed by atoms with Crippen molar-refractivity contribution in [2.75, 3.05) is 12.4 Å². The van der Waals surface area contributed by atoms with Crippen molar-refractivity contribution in [3.05, 3.63) is 40.7 Å². The Labute approximate surface area is 146 Å². The summed E-state index contributed by atoms with van der Waals surface area (Å²) in [6, 6.07) is 3.69. The molecule has 0 aliphatic heterocycles. The van der Waals surface area contributed by atoms with E-state index in [0.29, 0.717) is 28.0 Å². The molecule has 2 N–H and O–H groups in total. The lowest BCUT2D eigenvalue weighted by Crippen LogP contribution is -2.32. The standard InChI is InChI=1S/C17H21ClN4O2/c1-5-11(3)21-16(23)12-8-19-17(20-9-12)22-14-6-10(2)13(18)7-15(14)24-4/h6-9,11H,5H2,1-4H3,(H,21,23)(H,19,20,22). The van der Waals surface area contributed by atoms with Crippen LogP contribution in [0.3, 0.4) is 0 Å². The third-order valence-electron chi connectivity index (χ3n) is 3.63. The summed E-state index contributed by atoms with van der Waals surface area (Å²) >= 11 is 6.09. The maximum Gasteiger partial charge on any atom is 0.254 e. The number of nitrogens with one attached hydrogen (secondary N) is 2. The van der Waals surface area contributed by atoms with Gasteiger partial charge in [0.2, 0.25) is 5.95 Å². The summed E-state index contributed by atoms with van der Waals surface area (Å²) in [7, 11) is 1.56. The average molecular weight is 349 g/mol. The summed E-state index contributed by atoms with van der Waals surface area (Å²) in [5.74, 6) is 0.777. The van der Waals surface area contributed by atoms with Crippen LogP contribution >= 0.6 is 11.6 Å². The highest BCUT2D eigenvalue weighted by Crippen LogP contribution is 2.32. The van der Waals surface area contributed by atoms with Crippen molar-refractivity contribution < 1.29 is 9.53 Å². The maximum atomic E-state index is 12.0. The van der Waals surface area contributed by atoms with E-state index in [-0.39, 0.29) is 11.9 Å². The van der Waals surface area contributed by atoms with Gasteiger partial charge in [0.15, 0.2) is 0 Å². The second-order valence-electron chi connectivity index (χ2n) is 5.50. The van der Waals surface area contributed by atoms with Crippen molar-refractivity contribution in [1.29, 1.82) is 0 Å². The van der Waals surface area contributed by atoms with Gasteiger partial charge in [-0.25, -0.2) is 9.97 Å². The van der Waals surface area contributed by atoms with Crippen LogP contribution in [-0.2, 0) is 0 Å². The van der Waals surface area contributed by atoms with Gasteiger partial charge < -0.3 is 15.4 Å². The summed E-state index contributed by atoms with van der Waals surface area (Å²) in [4.78, 5) is 20.4. The zero-order valence-corrected chi connectivity index (χ0v) is 14.9. The van der Waals surface area contributed by atoms with Crippen LogP contribution in [0.5, 0.6) is 5.75 Å². The molecule has 6 nitrogen and oxygen atoms in total. The van der Waals surface area contributed by atoms with E-state index >= 15 is 0 Å². The van der Waals surface area contributed by atoms with E-state index in [4.69, 9.17) is 16.3 Å². The summed E-state index contributed by atoms with van der Waals surface area (Å²) in [6.07, 6.45) is 3.84. The van der Waals surface area contributed by atoms with Gasteiger partial charge in [0, 0.05) is 29.5 Å². The Bertz CT molecular complexity index is 719. The minimum absolute atomic E-state index is 0.108. The average Bonchev–Trinajstić information content (AvgIpc) is 2.58. The van der Waals surface area contributed by atoms with Crippen LogP contribution in [0, 0.1) is 6.92 Å². The molecule has 0 radical (unpaired) electrons. The van der Waals surface area contributed by atoms with Crippen molar-refractivity contribution in [2.45, 2.75) is 33.2 Å². The number of hydrogen-bond acceptors (Lipinski definition) is 5. The number of aryl methyl sites for hydroxylation is 1. The number of nitrogens with zero attached hydrogens (tertiary/aromatic N) is 2. The van der Waals surface area contributed by atoms with E-state index in [1.807, 2.05) is 26.8 Å². The molecule has 1 atom stereocenters. The molecule has 0 saturated heterocycles. The molecule has 128 valence electrons. The van der Waals surface area contributed by atoms with E-state index < -0.39 is 0 Å². The minimum atomic E-state index is -0.184. The lowest BCUT2D eigenvalue weighted by Gasteiger charge is -2.13. The third kappa shape index (κ3) is 4.35. The number of amides is 1. The van der Waals surface area contributed by atoms with Gasteiger partial charge in [0.1, 0.15) is 5.75 Å². The van der Waals surface area contributed by atoms with Crippen molar-refractivity contribution in [1.82, 2.24) is 15.3 Å². The monoisotopic (exact) mass is 348 g/mol. The maximum absolute atomic E-state index is 12.0. The molecule has 2 rings (SSSR count). The van der Waals surface area contributed by atoms with Gasteiger partial charge in [-0.2, -0.15) is 0 Å². The number of methoxy groups -OCH3 is 1. The molecule has 1 aromatic carbocycles. The van der Waals surface area contributed by atoms with Crippen LogP contribution < -0.4 is 15.4 Å². The molecule has 0 aliphatic rings. The van der Waals surface area contributed by atoms with Gasteiger partial charge in [0.05, 0.1) is 18.4 Å². The Morgan fingerprint density at radius 2 is 2.00 bits per heavy atom.